The Kier molecular flexibility index (Phi) is 3.53. The van der Waals surface area contributed by atoms with Crippen LogP contribution in [0.2, 0.25) is 5.02 Å². The Balaban J connectivity index is 2.37. The molecule has 0 saturated carbocycles. The summed E-state index contributed by atoms with van der Waals surface area (Å²) in [5, 5.41) is 10.6. The Labute approximate surface area is 106 Å². The van der Waals surface area contributed by atoms with Crippen LogP contribution >= 0.6 is 27.5 Å². The van der Waals surface area contributed by atoms with E-state index in [1.165, 1.54) is 12.4 Å². The van der Waals surface area contributed by atoms with Gasteiger partial charge in [-0.15, -0.1) is 0 Å². The Morgan fingerprint density at radius 2 is 2.06 bits per heavy atom. The average molecular weight is 300 g/mol. The molecule has 1 unspecified atom stereocenters. The maximum absolute atomic E-state index is 10.1. The van der Waals surface area contributed by atoms with Crippen LogP contribution in [0.3, 0.4) is 0 Å². The van der Waals surface area contributed by atoms with Crippen molar-refractivity contribution in [1.29, 1.82) is 0 Å². The minimum absolute atomic E-state index is 0.497. The van der Waals surface area contributed by atoms with Gasteiger partial charge in [0, 0.05) is 21.9 Å². The maximum Gasteiger partial charge on any atom is 0.123 e. The minimum Gasteiger partial charge on any atom is -0.382 e. The lowest BCUT2D eigenvalue weighted by Gasteiger charge is -2.10. The van der Waals surface area contributed by atoms with Gasteiger partial charge in [0.2, 0.25) is 0 Å². The minimum atomic E-state index is -0.816. The van der Waals surface area contributed by atoms with Crippen LogP contribution in [0, 0.1) is 0 Å². The molecule has 2 aromatic rings. The van der Waals surface area contributed by atoms with Crippen LogP contribution in [0.25, 0.3) is 0 Å². The van der Waals surface area contributed by atoms with E-state index in [0.717, 1.165) is 4.47 Å². The summed E-state index contributed by atoms with van der Waals surface area (Å²) in [5.41, 5.74) is 1.18. The quantitative estimate of drug-likeness (QED) is 0.927. The highest BCUT2D eigenvalue weighted by Gasteiger charge is 2.12. The molecule has 0 spiro atoms. The Morgan fingerprint density at radius 3 is 2.69 bits per heavy atom. The first-order chi connectivity index (χ1) is 7.66. The Hall–Kier alpha value is -0.970. The van der Waals surface area contributed by atoms with Crippen molar-refractivity contribution in [2.45, 2.75) is 6.10 Å². The lowest BCUT2D eigenvalue weighted by atomic mass is 10.1. The lowest BCUT2D eigenvalue weighted by molar-refractivity contribution is 0.215. The summed E-state index contributed by atoms with van der Waals surface area (Å²) in [6.45, 7) is 0. The van der Waals surface area contributed by atoms with Crippen molar-refractivity contribution in [2.75, 3.05) is 0 Å². The molecule has 0 amide bonds. The molecule has 1 atom stereocenters. The fourth-order valence-electron chi connectivity index (χ4n) is 1.36. The second kappa shape index (κ2) is 4.91. The van der Waals surface area contributed by atoms with Crippen LogP contribution < -0.4 is 0 Å². The fourth-order valence-corrected chi connectivity index (χ4v) is 2.24. The third-order valence-electron chi connectivity index (χ3n) is 2.06. The van der Waals surface area contributed by atoms with Gasteiger partial charge in [-0.1, -0.05) is 27.5 Å². The Bertz CT molecular complexity index is 472. The van der Waals surface area contributed by atoms with Crippen LogP contribution in [-0.4, -0.2) is 15.1 Å². The van der Waals surface area contributed by atoms with Crippen molar-refractivity contribution in [1.82, 2.24) is 9.97 Å². The topological polar surface area (TPSA) is 46.0 Å². The molecule has 1 aromatic carbocycles. The number of halogens is 2. The summed E-state index contributed by atoms with van der Waals surface area (Å²) in [7, 11) is 0. The van der Waals surface area contributed by atoms with Gasteiger partial charge in [0.1, 0.15) is 6.10 Å². The largest absolute Gasteiger partial charge is 0.382 e. The highest BCUT2D eigenvalue weighted by Crippen LogP contribution is 2.26. The zero-order valence-corrected chi connectivity index (χ0v) is 10.5. The number of rotatable bonds is 2. The Morgan fingerprint density at radius 1 is 1.25 bits per heavy atom. The molecule has 0 aliphatic rings. The van der Waals surface area contributed by atoms with Gasteiger partial charge >= 0.3 is 0 Å². The summed E-state index contributed by atoms with van der Waals surface area (Å²) in [6, 6.07) is 5.26. The van der Waals surface area contributed by atoms with Gasteiger partial charge in [0.15, 0.2) is 0 Å². The number of aliphatic hydroxyl groups is 1. The predicted molar refractivity (Wildman–Crippen MR) is 65.2 cm³/mol. The molecule has 0 bridgehead atoms. The average Bonchev–Trinajstić information content (AvgIpc) is 2.28. The van der Waals surface area contributed by atoms with Crippen molar-refractivity contribution >= 4 is 27.5 Å². The summed E-state index contributed by atoms with van der Waals surface area (Å²) in [4.78, 5) is 7.95. The normalized spacial score (nSPS) is 12.4. The molecular formula is C11H8BrClN2O. The zero-order valence-electron chi connectivity index (χ0n) is 8.14. The zero-order chi connectivity index (χ0) is 11.5. The van der Waals surface area contributed by atoms with Crippen molar-refractivity contribution < 1.29 is 5.11 Å². The molecule has 5 heteroatoms. The monoisotopic (exact) mass is 298 g/mol. The van der Waals surface area contributed by atoms with E-state index in [1.807, 2.05) is 0 Å². The van der Waals surface area contributed by atoms with E-state index in [2.05, 4.69) is 25.9 Å². The second-order valence-corrected chi connectivity index (χ2v) is 4.59. The molecule has 0 fully saturated rings. The molecule has 3 nitrogen and oxygen atoms in total. The van der Waals surface area contributed by atoms with Crippen molar-refractivity contribution in [3.05, 3.63) is 57.5 Å². The molecular weight excluding hydrogens is 291 g/mol. The highest BCUT2D eigenvalue weighted by atomic mass is 79.9. The predicted octanol–water partition coefficient (Wildman–Crippen LogP) is 2.97. The van der Waals surface area contributed by atoms with Gasteiger partial charge in [-0.3, -0.25) is 9.97 Å². The van der Waals surface area contributed by atoms with Gasteiger partial charge in [-0.05, 0) is 23.8 Å². The van der Waals surface area contributed by atoms with Gasteiger partial charge in [-0.2, -0.15) is 0 Å². The van der Waals surface area contributed by atoms with E-state index in [0.29, 0.717) is 16.3 Å². The van der Waals surface area contributed by atoms with Crippen molar-refractivity contribution in [2.24, 2.45) is 0 Å². The van der Waals surface area contributed by atoms with Crippen LogP contribution in [0.4, 0.5) is 0 Å². The summed E-state index contributed by atoms with van der Waals surface area (Å²) >= 11 is 9.23. The first kappa shape index (κ1) is 11.5. The summed E-state index contributed by atoms with van der Waals surface area (Å²) in [5.74, 6) is 0. The number of benzene rings is 1. The van der Waals surface area contributed by atoms with Crippen LogP contribution in [0.15, 0.2) is 41.3 Å². The molecule has 0 aliphatic carbocycles. The third kappa shape index (κ3) is 2.58. The van der Waals surface area contributed by atoms with E-state index in [4.69, 9.17) is 11.6 Å². The highest BCUT2D eigenvalue weighted by molar-refractivity contribution is 9.10. The molecule has 0 radical (unpaired) electrons. The SMILES string of the molecule is OC(c1cc(Cl)cc(Br)c1)c1cnccn1. The molecule has 1 aromatic heterocycles. The molecule has 82 valence electrons. The first-order valence-corrected chi connectivity index (χ1v) is 5.74. The fraction of sp³-hybridized carbons (Fsp3) is 0.0909. The van der Waals surface area contributed by atoms with Crippen molar-refractivity contribution in [3.63, 3.8) is 0 Å². The molecule has 1 heterocycles. The number of aliphatic hydroxyl groups excluding tert-OH is 1. The third-order valence-corrected chi connectivity index (χ3v) is 2.74. The van der Waals surface area contributed by atoms with E-state index < -0.39 is 6.10 Å². The summed E-state index contributed by atoms with van der Waals surface area (Å²) < 4.78 is 0.818. The molecule has 1 N–H and O–H groups in total. The first-order valence-electron chi connectivity index (χ1n) is 4.57. The van der Waals surface area contributed by atoms with Gasteiger partial charge in [0.25, 0.3) is 0 Å². The van der Waals surface area contributed by atoms with Gasteiger partial charge < -0.3 is 5.11 Å². The van der Waals surface area contributed by atoms with Crippen LogP contribution in [0.1, 0.15) is 17.4 Å². The lowest BCUT2D eigenvalue weighted by Crippen LogP contribution is -2.02. The molecule has 0 saturated heterocycles. The molecule has 2 rings (SSSR count). The standard InChI is InChI=1S/C11H8BrClN2O/c12-8-3-7(4-9(13)5-8)11(16)10-6-14-1-2-15-10/h1-6,11,16H. The number of nitrogens with zero attached hydrogens (tertiary/aromatic N) is 2. The van der Waals surface area contributed by atoms with Crippen LogP contribution in [0.5, 0.6) is 0 Å². The van der Waals surface area contributed by atoms with E-state index in [9.17, 15) is 5.11 Å². The van der Waals surface area contributed by atoms with E-state index in [1.54, 1.807) is 24.4 Å². The van der Waals surface area contributed by atoms with Gasteiger partial charge in [-0.25, -0.2) is 0 Å². The van der Waals surface area contributed by atoms with Gasteiger partial charge in [0.05, 0.1) is 11.9 Å². The van der Waals surface area contributed by atoms with E-state index in [-0.39, 0.29) is 0 Å². The molecule has 16 heavy (non-hydrogen) atoms. The summed E-state index contributed by atoms with van der Waals surface area (Å²) in [6.07, 6.45) is 3.81. The molecule has 0 aliphatic heterocycles. The van der Waals surface area contributed by atoms with Crippen LogP contribution in [-0.2, 0) is 0 Å². The number of hydrogen-bond acceptors (Lipinski definition) is 3. The number of hydrogen-bond donors (Lipinski definition) is 1. The second-order valence-electron chi connectivity index (χ2n) is 3.24. The van der Waals surface area contributed by atoms with Crippen molar-refractivity contribution in [3.8, 4) is 0 Å². The van der Waals surface area contributed by atoms with E-state index >= 15 is 0 Å². The smallest absolute Gasteiger partial charge is 0.123 e. The maximum atomic E-state index is 10.1. The number of aromatic nitrogens is 2.